The Morgan fingerprint density at radius 2 is 1.59 bits per heavy atom. The van der Waals surface area contributed by atoms with E-state index in [9.17, 15) is 23.1 Å². The van der Waals surface area contributed by atoms with Crippen LogP contribution >= 0.6 is 0 Å². The topological polar surface area (TPSA) is 113 Å². The lowest BCUT2D eigenvalue weighted by molar-refractivity contribution is -0.201. The molecule has 34 heavy (non-hydrogen) atoms. The van der Waals surface area contributed by atoms with E-state index in [4.69, 9.17) is 8.92 Å². The van der Waals surface area contributed by atoms with Crippen LogP contribution in [0.4, 0.5) is 0 Å². The predicted molar refractivity (Wildman–Crippen MR) is 123 cm³/mol. The summed E-state index contributed by atoms with van der Waals surface area (Å²) in [6.45, 7) is 1.53. The van der Waals surface area contributed by atoms with Crippen molar-refractivity contribution in [3.63, 3.8) is 0 Å². The van der Waals surface area contributed by atoms with Crippen LogP contribution in [0.3, 0.4) is 0 Å². The molecule has 2 heterocycles. The lowest BCUT2D eigenvalue weighted by Crippen LogP contribution is -2.64. The van der Waals surface area contributed by atoms with Crippen LogP contribution in [-0.4, -0.2) is 85.4 Å². The maximum absolute atomic E-state index is 12.9. The van der Waals surface area contributed by atoms with Gasteiger partial charge in [0, 0.05) is 31.7 Å². The van der Waals surface area contributed by atoms with Crippen molar-refractivity contribution < 1.29 is 32.0 Å². The molecule has 3 fully saturated rings. The molecule has 0 radical (unpaired) electrons. The molecule has 0 unspecified atom stereocenters. The Morgan fingerprint density at radius 3 is 2.18 bits per heavy atom. The fraction of sp³-hybridized carbons (Fsp3) is 0.417. The maximum Gasteiger partial charge on any atom is 0.312 e. The molecule has 2 aliphatic heterocycles. The van der Waals surface area contributed by atoms with Gasteiger partial charge in [0.05, 0.1) is 18.5 Å². The van der Waals surface area contributed by atoms with Gasteiger partial charge >= 0.3 is 10.1 Å². The number of carbonyl (C=O) groups is 2. The largest absolute Gasteiger partial charge is 0.382 e. The molecule has 180 valence electrons. The van der Waals surface area contributed by atoms with Crippen molar-refractivity contribution >= 4 is 21.9 Å². The lowest BCUT2D eigenvalue weighted by atomic mass is 10.00. The van der Waals surface area contributed by atoms with Crippen molar-refractivity contribution in [3.05, 3.63) is 54.1 Å². The van der Waals surface area contributed by atoms with Crippen LogP contribution in [-0.2, 0) is 19.6 Å². The van der Waals surface area contributed by atoms with Crippen molar-refractivity contribution in [1.29, 1.82) is 0 Å². The van der Waals surface area contributed by atoms with Gasteiger partial charge in [0.2, 0.25) is 0 Å². The monoisotopic (exact) mass is 486 g/mol. The Balaban J connectivity index is 1.21. The zero-order chi connectivity index (χ0) is 23.9. The highest BCUT2D eigenvalue weighted by molar-refractivity contribution is 7.88. The molecule has 1 N–H and O–H groups in total. The molecule has 9 nitrogen and oxygen atoms in total. The van der Waals surface area contributed by atoms with Crippen LogP contribution in [0.2, 0.25) is 0 Å². The van der Waals surface area contributed by atoms with E-state index in [0.717, 1.165) is 11.1 Å². The van der Waals surface area contributed by atoms with Crippen LogP contribution in [0.25, 0.3) is 11.1 Å². The number of rotatable bonds is 6. The molecule has 0 bridgehead atoms. The SMILES string of the molecule is O=C(c1ccc(-c2cccc(OS(=O)(=O)C3CC3)c2)cc1)N1CCN(C(=O)C2(O)COC2)CC1. The maximum atomic E-state index is 12.9. The van der Waals surface area contributed by atoms with Crippen LogP contribution in [0, 0.1) is 0 Å². The summed E-state index contributed by atoms with van der Waals surface area (Å²) in [5, 5.41) is 9.76. The summed E-state index contributed by atoms with van der Waals surface area (Å²) in [4.78, 5) is 28.6. The summed E-state index contributed by atoms with van der Waals surface area (Å²) in [5.41, 5.74) is 0.717. The summed E-state index contributed by atoms with van der Waals surface area (Å²) in [7, 11) is -3.58. The number of benzene rings is 2. The second-order valence-corrected chi connectivity index (χ2v) is 10.8. The van der Waals surface area contributed by atoms with Gasteiger partial charge in [-0.15, -0.1) is 0 Å². The fourth-order valence-corrected chi connectivity index (χ4v) is 5.32. The standard InChI is InChI=1S/C24H26N2O7S/c27-22(25-10-12-26(13-11-25)23(28)24(29)15-32-16-24)18-6-4-17(5-7-18)19-2-1-3-20(14-19)33-34(30,31)21-8-9-21/h1-7,14,21,29H,8-13,15-16H2. The Hall–Kier alpha value is -2.95. The summed E-state index contributed by atoms with van der Waals surface area (Å²) in [6, 6.07) is 14.0. The molecule has 2 aromatic rings. The summed E-state index contributed by atoms with van der Waals surface area (Å²) in [6.07, 6.45) is 1.28. The number of hydrogen-bond acceptors (Lipinski definition) is 7. The van der Waals surface area contributed by atoms with Gasteiger partial charge < -0.3 is 23.8 Å². The minimum absolute atomic E-state index is 0.0166. The number of amides is 2. The molecule has 1 saturated carbocycles. The third kappa shape index (κ3) is 4.53. The van der Waals surface area contributed by atoms with Crippen LogP contribution < -0.4 is 4.18 Å². The molecule has 10 heteroatoms. The van der Waals surface area contributed by atoms with Crippen LogP contribution in [0.15, 0.2) is 48.5 Å². The lowest BCUT2D eigenvalue weighted by Gasteiger charge is -2.42. The smallest absolute Gasteiger partial charge is 0.312 e. The van der Waals surface area contributed by atoms with E-state index in [1.54, 1.807) is 40.1 Å². The van der Waals surface area contributed by atoms with E-state index in [1.807, 2.05) is 18.2 Å². The van der Waals surface area contributed by atoms with Gasteiger partial charge in [0.25, 0.3) is 11.8 Å². The molecule has 3 aliphatic rings. The highest BCUT2D eigenvalue weighted by Gasteiger charge is 2.47. The van der Waals surface area contributed by atoms with Gasteiger partial charge in [-0.05, 0) is 48.2 Å². The van der Waals surface area contributed by atoms with Gasteiger partial charge in [-0.25, -0.2) is 0 Å². The van der Waals surface area contributed by atoms with Crippen molar-refractivity contribution in [2.45, 2.75) is 23.7 Å². The van der Waals surface area contributed by atoms with Gasteiger partial charge in [-0.2, -0.15) is 8.42 Å². The third-order valence-electron chi connectivity index (χ3n) is 6.38. The van der Waals surface area contributed by atoms with Gasteiger partial charge in [-0.1, -0.05) is 24.3 Å². The second-order valence-electron chi connectivity index (χ2n) is 8.99. The van der Waals surface area contributed by atoms with Gasteiger partial charge in [0.1, 0.15) is 5.75 Å². The van der Waals surface area contributed by atoms with Crippen molar-refractivity contribution in [3.8, 4) is 16.9 Å². The highest BCUT2D eigenvalue weighted by Crippen LogP contribution is 2.32. The van der Waals surface area contributed by atoms with Crippen molar-refractivity contribution in [2.24, 2.45) is 0 Å². The van der Waals surface area contributed by atoms with E-state index in [-0.39, 0.29) is 30.8 Å². The Bertz CT molecular complexity index is 1200. The number of hydrogen-bond donors (Lipinski definition) is 1. The summed E-state index contributed by atoms with van der Waals surface area (Å²) in [5.74, 6) is -0.196. The predicted octanol–water partition coefficient (Wildman–Crippen LogP) is 1.27. The molecule has 2 amide bonds. The van der Waals surface area contributed by atoms with Crippen molar-refractivity contribution in [2.75, 3.05) is 39.4 Å². The minimum Gasteiger partial charge on any atom is -0.382 e. The molecular weight excluding hydrogens is 460 g/mol. The Labute approximate surface area is 198 Å². The van der Waals surface area contributed by atoms with E-state index in [0.29, 0.717) is 44.6 Å². The Morgan fingerprint density at radius 1 is 0.941 bits per heavy atom. The summed E-state index contributed by atoms with van der Waals surface area (Å²) >= 11 is 0. The summed E-state index contributed by atoms with van der Waals surface area (Å²) < 4.78 is 34.4. The minimum atomic E-state index is -3.58. The molecule has 2 aromatic carbocycles. The first-order chi connectivity index (χ1) is 16.2. The van der Waals surface area contributed by atoms with E-state index in [1.165, 1.54) is 0 Å². The second kappa shape index (κ2) is 8.68. The first kappa shape index (κ1) is 22.8. The molecule has 1 aliphatic carbocycles. The zero-order valence-corrected chi connectivity index (χ0v) is 19.4. The molecule has 0 spiro atoms. The van der Waals surface area contributed by atoms with Crippen LogP contribution in [0.1, 0.15) is 23.2 Å². The Kier molecular flexibility index (Phi) is 5.83. The van der Waals surface area contributed by atoms with E-state index < -0.39 is 21.0 Å². The first-order valence-corrected chi connectivity index (χ1v) is 12.7. The number of carbonyl (C=O) groups excluding carboxylic acids is 2. The molecule has 2 saturated heterocycles. The number of ether oxygens (including phenoxy) is 1. The normalized spacial score (nSPS) is 19.9. The van der Waals surface area contributed by atoms with Crippen molar-refractivity contribution in [1.82, 2.24) is 9.80 Å². The number of aliphatic hydroxyl groups is 1. The highest BCUT2D eigenvalue weighted by atomic mass is 32.2. The molecule has 0 aromatic heterocycles. The van der Waals surface area contributed by atoms with Gasteiger partial charge in [-0.3, -0.25) is 9.59 Å². The average Bonchev–Trinajstić information content (AvgIpc) is 3.68. The number of piperazine rings is 1. The molecular formula is C24H26N2O7S. The molecule has 0 atom stereocenters. The third-order valence-corrected chi connectivity index (χ3v) is 8.09. The van der Waals surface area contributed by atoms with E-state index >= 15 is 0 Å². The van der Waals surface area contributed by atoms with Gasteiger partial charge in [0.15, 0.2) is 5.60 Å². The van der Waals surface area contributed by atoms with Crippen LogP contribution in [0.5, 0.6) is 5.75 Å². The molecule has 5 rings (SSSR count). The first-order valence-electron chi connectivity index (χ1n) is 11.3. The average molecular weight is 487 g/mol. The zero-order valence-electron chi connectivity index (χ0n) is 18.6. The quantitative estimate of drug-likeness (QED) is 0.612. The van der Waals surface area contributed by atoms with E-state index in [2.05, 4.69) is 0 Å². The number of nitrogens with zero attached hydrogens (tertiary/aromatic N) is 2. The fourth-order valence-electron chi connectivity index (χ4n) is 4.10.